The van der Waals surface area contributed by atoms with Crippen molar-refractivity contribution in [3.63, 3.8) is 0 Å². The van der Waals surface area contributed by atoms with E-state index < -0.39 is 30.0 Å². The summed E-state index contributed by atoms with van der Waals surface area (Å²) in [6, 6.07) is 5.88. The molecule has 166 valence electrons. The van der Waals surface area contributed by atoms with Gasteiger partial charge in [-0.2, -0.15) is 31.8 Å². The highest BCUT2D eigenvalue weighted by atomic mass is 32.2. The smallest absolute Gasteiger partial charge is 0.322 e. The topological polar surface area (TPSA) is 207 Å². The molecule has 6 N–H and O–H groups in total. The molecule has 13 nitrogen and oxygen atoms in total. The zero-order chi connectivity index (χ0) is 22.8. The lowest BCUT2D eigenvalue weighted by Gasteiger charge is -2.13. The summed E-state index contributed by atoms with van der Waals surface area (Å²) in [6.45, 7) is 0.658. The third-order valence-corrected chi connectivity index (χ3v) is 5.76. The lowest BCUT2D eigenvalue weighted by atomic mass is 10.1. The van der Waals surface area contributed by atoms with Crippen LogP contribution in [0, 0.1) is 0 Å². The largest absolute Gasteiger partial charge is 0.467 e. The summed E-state index contributed by atoms with van der Waals surface area (Å²) in [5.74, 6) is 0.0468. The van der Waals surface area contributed by atoms with E-state index in [9.17, 15) is 25.9 Å². The van der Waals surface area contributed by atoms with Crippen molar-refractivity contribution in [1.82, 2.24) is 15.0 Å². The van der Waals surface area contributed by atoms with Crippen molar-refractivity contribution in [1.29, 1.82) is 0 Å². The van der Waals surface area contributed by atoms with Gasteiger partial charge in [-0.3, -0.25) is 9.11 Å². The molecule has 0 aliphatic carbocycles. The van der Waals surface area contributed by atoms with Crippen LogP contribution >= 0.6 is 0 Å². The van der Waals surface area contributed by atoms with E-state index in [4.69, 9.17) is 10.5 Å². The predicted octanol–water partition coefficient (Wildman–Crippen LogP) is 0.641. The van der Waals surface area contributed by atoms with Crippen molar-refractivity contribution in [2.24, 2.45) is 5.73 Å². The van der Waals surface area contributed by atoms with Gasteiger partial charge in [-0.25, -0.2) is 0 Å². The number of anilines is 3. The summed E-state index contributed by atoms with van der Waals surface area (Å²) in [6.07, 6.45) is 0. The Kier molecular flexibility index (Phi) is 6.23. The summed E-state index contributed by atoms with van der Waals surface area (Å²) in [4.78, 5) is 10.9. The molecule has 0 saturated heterocycles. The molecule has 0 radical (unpaired) electrons. The molecule has 0 aliphatic rings. The third kappa shape index (κ3) is 5.15. The van der Waals surface area contributed by atoms with Crippen molar-refractivity contribution in [2.75, 3.05) is 30.8 Å². The minimum Gasteiger partial charge on any atom is -0.467 e. The highest BCUT2D eigenvalue weighted by Crippen LogP contribution is 2.32. The lowest BCUT2D eigenvalue weighted by molar-refractivity contribution is 0.379. The Bertz CT molecular complexity index is 1350. The van der Waals surface area contributed by atoms with Gasteiger partial charge in [0.05, 0.1) is 7.11 Å². The highest BCUT2D eigenvalue weighted by molar-refractivity contribution is 7.86. The number of nitrogens with zero attached hydrogens (tertiary/aromatic N) is 3. The first-order chi connectivity index (χ1) is 14.5. The summed E-state index contributed by atoms with van der Waals surface area (Å²) in [5, 5.41) is 5.29. The Labute approximate surface area is 177 Å². The monoisotopic (exact) mass is 470 g/mol. The molecule has 15 heteroatoms. The van der Waals surface area contributed by atoms with Crippen LogP contribution < -0.4 is 21.1 Å². The van der Waals surface area contributed by atoms with Crippen LogP contribution in [0.15, 0.2) is 40.1 Å². The van der Waals surface area contributed by atoms with Crippen LogP contribution in [0.25, 0.3) is 10.8 Å². The van der Waals surface area contributed by atoms with E-state index >= 15 is 0 Å². The normalized spacial score (nSPS) is 12.0. The Morgan fingerprint density at radius 2 is 1.65 bits per heavy atom. The quantitative estimate of drug-likeness (QED) is 0.287. The van der Waals surface area contributed by atoms with E-state index in [0.717, 1.165) is 12.1 Å². The highest BCUT2D eigenvalue weighted by Gasteiger charge is 2.21. The molecule has 0 spiro atoms. The van der Waals surface area contributed by atoms with E-state index in [1.807, 2.05) is 0 Å². The van der Waals surface area contributed by atoms with Crippen molar-refractivity contribution in [3.8, 4) is 6.01 Å². The molecule has 2 aromatic carbocycles. The van der Waals surface area contributed by atoms with E-state index in [1.165, 1.54) is 25.3 Å². The van der Waals surface area contributed by atoms with Gasteiger partial charge in [-0.05, 0) is 18.2 Å². The maximum atomic E-state index is 11.9. The van der Waals surface area contributed by atoms with Gasteiger partial charge >= 0.3 is 6.01 Å². The Hall–Kier alpha value is -3.11. The second-order valence-electron chi connectivity index (χ2n) is 6.09. The first-order valence-electron chi connectivity index (χ1n) is 8.55. The average Bonchev–Trinajstić information content (AvgIpc) is 2.69. The van der Waals surface area contributed by atoms with Crippen LogP contribution in [0.4, 0.5) is 17.6 Å². The summed E-state index contributed by atoms with van der Waals surface area (Å²) >= 11 is 0. The van der Waals surface area contributed by atoms with Crippen LogP contribution in [0.3, 0.4) is 0 Å². The first-order valence-corrected chi connectivity index (χ1v) is 11.4. The van der Waals surface area contributed by atoms with Gasteiger partial charge < -0.3 is 21.1 Å². The van der Waals surface area contributed by atoms with Crippen molar-refractivity contribution < 1.29 is 30.7 Å². The van der Waals surface area contributed by atoms with Crippen molar-refractivity contribution in [3.05, 3.63) is 30.3 Å². The standard InChI is InChI=1S/C16H18N6O7S2/c1-29-16-21-14(18-6-5-17)20-15(22-16)19-9-7-11-10(13(8-9)31(26,27)28)3-2-4-12(11)30(23,24)25/h2-4,7-8H,5-6,17H2,1H3,(H,23,24,25)(H,26,27,28)(H2,18,19,20,21,22). The number of aromatic nitrogens is 3. The molecule has 0 atom stereocenters. The Morgan fingerprint density at radius 3 is 2.26 bits per heavy atom. The number of hydrogen-bond donors (Lipinski definition) is 5. The second-order valence-corrected chi connectivity index (χ2v) is 8.87. The number of nitrogens with one attached hydrogen (secondary N) is 2. The molecule has 31 heavy (non-hydrogen) atoms. The lowest BCUT2D eigenvalue weighted by Crippen LogP contribution is -2.16. The molecule has 1 aromatic heterocycles. The minimum atomic E-state index is -4.76. The molecule has 3 aromatic rings. The zero-order valence-corrected chi connectivity index (χ0v) is 17.6. The number of fused-ring (bicyclic) bond motifs is 1. The number of benzene rings is 2. The van der Waals surface area contributed by atoms with E-state index in [2.05, 4.69) is 25.6 Å². The van der Waals surface area contributed by atoms with Crippen LogP contribution in [0.2, 0.25) is 0 Å². The summed E-state index contributed by atoms with van der Waals surface area (Å²) in [5.41, 5.74) is 5.45. The van der Waals surface area contributed by atoms with Crippen molar-refractivity contribution >= 4 is 48.6 Å². The van der Waals surface area contributed by atoms with Gasteiger partial charge in [0.2, 0.25) is 11.9 Å². The summed E-state index contributed by atoms with van der Waals surface area (Å²) < 4.78 is 71.5. The predicted molar refractivity (Wildman–Crippen MR) is 111 cm³/mol. The molecule has 0 bridgehead atoms. The average molecular weight is 470 g/mol. The van der Waals surface area contributed by atoms with Gasteiger partial charge in [-0.1, -0.05) is 12.1 Å². The van der Waals surface area contributed by atoms with Crippen LogP contribution in [-0.2, 0) is 20.2 Å². The Balaban J connectivity index is 2.19. The fourth-order valence-corrected chi connectivity index (χ4v) is 4.16. The minimum absolute atomic E-state index is 0.00857. The number of rotatable bonds is 8. The molecule has 0 fully saturated rings. The number of methoxy groups -OCH3 is 1. The number of hydrogen-bond acceptors (Lipinski definition) is 11. The molecule has 0 aliphatic heterocycles. The van der Waals surface area contributed by atoms with Crippen LogP contribution in [0.1, 0.15) is 0 Å². The maximum Gasteiger partial charge on any atom is 0.322 e. The molecule has 1 heterocycles. The van der Waals surface area contributed by atoms with E-state index in [1.54, 1.807) is 0 Å². The van der Waals surface area contributed by atoms with Crippen molar-refractivity contribution in [2.45, 2.75) is 9.79 Å². The van der Waals surface area contributed by atoms with Gasteiger partial charge in [0.15, 0.2) is 0 Å². The molecule has 0 amide bonds. The number of ether oxygens (including phenoxy) is 1. The van der Waals surface area contributed by atoms with Gasteiger partial charge in [-0.15, -0.1) is 0 Å². The van der Waals surface area contributed by atoms with E-state index in [-0.39, 0.29) is 34.4 Å². The SMILES string of the molecule is COc1nc(NCCN)nc(Nc2cc(S(=O)(=O)O)c3cccc(S(=O)(=O)O)c3c2)n1. The van der Waals surface area contributed by atoms with Gasteiger partial charge in [0, 0.05) is 29.5 Å². The maximum absolute atomic E-state index is 11.9. The van der Waals surface area contributed by atoms with E-state index in [0.29, 0.717) is 13.1 Å². The Morgan fingerprint density at radius 1 is 0.968 bits per heavy atom. The molecular formula is C16H18N6O7S2. The first kappa shape index (κ1) is 22.6. The number of nitrogens with two attached hydrogens (primary N) is 1. The fourth-order valence-electron chi connectivity index (χ4n) is 2.73. The fraction of sp³-hybridized carbons (Fsp3) is 0.188. The zero-order valence-electron chi connectivity index (χ0n) is 16.0. The van der Waals surface area contributed by atoms with Gasteiger partial charge in [0.1, 0.15) is 9.79 Å². The van der Waals surface area contributed by atoms with Gasteiger partial charge in [0.25, 0.3) is 20.2 Å². The van der Waals surface area contributed by atoms with Crippen LogP contribution in [0.5, 0.6) is 6.01 Å². The molecule has 0 saturated carbocycles. The second kappa shape index (κ2) is 8.56. The molecular weight excluding hydrogens is 452 g/mol. The molecule has 0 unspecified atom stereocenters. The van der Waals surface area contributed by atoms with Crippen LogP contribution in [-0.4, -0.2) is 61.1 Å². The summed E-state index contributed by atoms with van der Waals surface area (Å²) in [7, 11) is -8.13. The molecule has 3 rings (SSSR count). The third-order valence-electron chi connectivity index (χ3n) is 3.95.